The smallest absolute Gasteiger partial charge is 0.329 e. The van der Waals surface area contributed by atoms with E-state index in [1.54, 1.807) is 0 Å². The van der Waals surface area contributed by atoms with Crippen molar-refractivity contribution in [3.63, 3.8) is 0 Å². The van der Waals surface area contributed by atoms with Gasteiger partial charge in [-0.3, -0.25) is 4.79 Å². The van der Waals surface area contributed by atoms with Gasteiger partial charge in [0.25, 0.3) is 0 Å². The monoisotopic (exact) mass is 279 g/mol. The fourth-order valence-electron chi connectivity index (χ4n) is 1.84. The second-order valence-corrected chi connectivity index (χ2v) is 5.10. The largest absolute Gasteiger partial charge is 0.491 e. The molecule has 0 saturated heterocycles. The number of hydrogen-bond acceptors (Lipinski definition) is 3. The van der Waals surface area contributed by atoms with Crippen molar-refractivity contribution in [3.8, 4) is 5.75 Å². The summed E-state index contributed by atoms with van der Waals surface area (Å²) in [6, 6.07) is 4.80. The maximum Gasteiger partial charge on any atom is 0.329 e. The van der Waals surface area contributed by atoms with Crippen molar-refractivity contribution >= 4 is 11.9 Å². The number of ether oxygens (including phenoxy) is 1. The van der Waals surface area contributed by atoms with Crippen molar-refractivity contribution in [1.29, 1.82) is 0 Å². The summed E-state index contributed by atoms with van der Waals surface area (Å²) >= 11 is 0. The molecule has 0 spiro atoms. The molecule has 0 aliphatic carbocycles. The summed E-state index contributed by atoms with van der Waals surface area (Å²) in [5.74, 6) is -0.570. The van der Waals surface area contributed by atoms with Gasteiger partial charge in [0, 0.05) is 6.92 Å². The number of nitrogens with one attached hydrogen (secondary N) is 1. The third kappa shape index (κ3) is 4.57. The highest BCUT2D eigenvalue weighted by atomic mass is 16.5. The van der Waals surface area contributed by atoms with Crippen LogP contribution in [0.3, 0.4) is 0 Å². The topological polar surface area (TPSA) is 75.6 Å². The number of aliphatic carboxylic acids is 1. The molecule has 0 aliphatic heterocycles. The van der Waals surface area contributed by atoms with Crippen LogP contribution in [0.25, 0.3) is 0 Å². The van der Waals surface area contributed by atoms with Gasteiger partial charge in [0.2, 0.25) is 5.91 Å². The van der Waals surface area contributed by atoms with Gasteiger partial charge in [-0.2, -0.15) is 0 Å². The lowest BCUT2D eigenvalue weighted by Crippen LogP contribution is -2.43. The fraction of sp³-hybridized carbons (Fsp3) is 0.467. The van der Waals surface area contributed by atoms with Crippen LogP contribution in [0.5, 0.6) is 5.75 Å². The quantitative estimate of drug-likeness (QED) is 0.836. The van der Waals surface area contributed by atoms with Crippen molar-refractivity contribution in [1.82, 2.24) is 5.32 Å². The third-order valence-corrected chi connectivity index (χ3v) is 2.87. The van der Waals surface area contributed by atoms with Gasteiger partial charge >= 0.3 is 5.97 Å². The van der Waals surface area contributed by atoms with Crippen LogP contribution in [-0.4, -0.2) is 29.6 Å². The molecule has 1 aromatic rings. The number of carbonyl (C=O) groups is 2. The Morgan fingerprint density at radius 1 is 1.35 bits per heavy atom. The highest BCUT2D eigenvalue weighted by Gasteiger charge is 2.20. The molecule has 0 aliphatic rings. The standard InChI is InChI=1S/C15H21NO4/c1-9(2)12-6-5-10(3)7-14(12)20-8-13(15(18)19)16-11(4)17/h5-7,9,13H,8H2,1-4H3,(H,16,17)(H,18,19). The van der Waals surface area contributed by atoms with Crippen molar-refractivity contribution in [3.05, 3.63) is 29.3 Å². The molecule has 110 valence electrons. The predicted molar refractivity (Wildman–Crippen MR) is 76.0 cm³/mol. The van der Waals surface area contributed by atoms with E-state index in [1.165, 1.54) is 6.92 Å². The second-order valence-electron chi connectivity index (χ2n) is 5.10. The summed E-state index contributed by atoms with van der Waals surface area (Å²) in [5.41, 5.74) is 2.05. The zero-order valence-electron chi connectivity index (χ0n) is 12.3. The molecule has 0 radical (unpaired) electrons. The SMILES string of the molecule is CC(=O)NC(COc1cc(C)ccc1C(C)C)C(=O)O. The van der Waals surface area contributed by atoms with Crippen LogP contribution in [0.4, 0.5) is 0 Å². The van der Waals surface area contributed by atoms with Crippen LogP contribution in [0, 0.1) is 6.92 Å². The average Bonchev–Trinajstić information content (AvgIpc) is 2.33. The molecule has 5 heteroatoms. The van der Waals surface area contributed by atoms with E-state index in [1.807, 2.05) is 39.0 Å². The number of carboxylic acid groups (broad SMARTS) is 1. The highest BCUT2D eigenvalue weighted by Crippen LogP contribution is 2.27. The first-order chi connectivity index (χ1) is 9.31. The summed E-state index contributed by atoms with van der Waals surface area (Å²) in [6.07, 6.45) is 0. The molecule has 1 atom stereocenters. The maximum absolute atomic E-state index is 11.0. The van der Waals surface area contributed by atoms with Crippen molar-refractivity contribution in [2.45, 2.75) is 39.7 Å². The van der Waals surface area contributed by atoms with E-state index in [-0.39, 0.29) is 12.5 Å². The molecule has 0 fully saturated rings. The number of benzene rings is 1. The molecule has 1 rings (SSSR count). The van der Waals surface area contributed by atoms with Crippen molar-refractivity contribution in [2.24, 2.45) is 0 Å². The number of aryl methyl sites for hydroxylation is 1. The Hall–Kier alpha value is -2.04. The van der Waals surface area contributed by atoms with Gasteiger partial charge in [0.05, 0.1) is 0 Å². The first-order valence-electron chi connectivity index (χ1n) is 6.54. The summed E-state index contributed by atoms with van der Waals surface area (Å²) in [4.78, 5) is 22.0. The first-order valence-corrected chi connectivity index (χ1v) is 6.54. The Bertz CT molecular complexity index is 497. The third-order valence-electron chi connectivity index (χ3n) is 2.87. The minimum atomic E-state index is -1.11. The van der Waals surface area contributed by atoms with E-state index in [4.69, 9.17) is 9.84 Å². The number of rotatable bonds is 6. The van der Waals surface area contributed by atoms with Crippen LogP contribution < -0.4 is 10.1 Å². The Morgan fingerprint density at radius 2 is 2.00 bits per heavy atom. The molecule has 2 N–H and O–H groups in total. The lowest BCUT2D eigenvalue weighted by atomic mass is 10.0. The van der Waals surface area contributed by atoms with Crippen LogP contribution in [0.15, 0.2) is 18.2 Å². The van der Waals surface area contributed by atoms with E-state index < -0.39 is 17.9 Å². The summed E-state index contributed by atoms with van der Waals surface area (Å²) in [5, 5.41) is 11.4. The molecule has 0 heterocycles. The lowest BCUT2D eigenvalue weighted by molar-refractivity contribution is -0.142. The zero-order valence-corrected chi connectivity index (χ0v) is 12.3. The van der Waals surface area contributed by atoms with Gasteiger partial charge in [-0.25, -0.2) is 4.79 Å². The van der Waals surface area contributed by atoms with Gasteiger partial charge in [-0.05, 0) is 30.0 Å². The molecule has 1 amide bonds. The van der Waals surface area contributed by atoms with Gasteiger partial charge in [-0.15, -0.1) is 0 Å². The van der Waals surface area contributed by atoms with E-state index in [9.17, 15) is 9.59 Å². The molecule has 0 bridgehead atoms. The molecule has 5 nitrogen and oxygen atoms in total. The number of amides is 1. The van der Waals surface area contributed by atoms with E-state index in [2.05, 4.69) is 5.32 Å². The van der Waals surface area contributed by atoms with E-state index in [0.29, 0.717) is 5.75 Å². The molecule has 20 heavy (non-hydrogen) atoms. The molecule has 0 saturated carbocycles. The maximum atomic E-state index is 11.0. The molecular weight excluding hydrogens is 258 g/mol. The van der Waals surface area contributed by atoms with E-state index in [0.717, 1.165) is 11.1 Å². The molecule has 0 aromatic heterocycles. The van der Waals surface area contributed by atoms with Gasteiger partial charge in [0.15, 0.2) is 6.04 Å². The lowest BCUT2D eigenvalue weighted by Gasteiger charge is -2.18. The Kier molecular flexibility index (Phi) is 5.55. The van der Waals surface area contributed by atoms with Crippen molar-refractivity contribution in [2.75, 3.05) is 6.61 Å². The van der Waals surface area contributed by atoms with Gasteiger partial charge in [0.1, 0.15) is 12.4 Å². The number of carboxylic acids is 1. The Balaban J connectivity index is 2.84. The summed E-state index contributed by atoms with van der Waals surface area (Å²) in [7, 11) is 0. The Labute approximate surface area is 118 Å². The van der Waals surface area contributed by atoms with Crippen LogP contribution in [0.1, 0.15) is 37.8 Å². The summed E-state index contributed by atoms with van der Waals surface area (Å²) < 4.78 is 5.61. The predicted octanol–water partition coefficient (Wildman–Crippen LogP) is 2.09. The number of carbonyl (C=O) groups excluding carboxylic acids is 1. The van der Waals surface area contributed by atoms with Gasteiger partial charge < -0.3 is 15.2 Å². The van der Waals surface area contributed by atoms with Crippen molar-refractivity contribution < 1.29 is 19.4 Å². The number of hydrogen-bond donors (Lipinski definition) is 2. The normalized spacial score (nSPS) is 12.1. The minimum absolute atomic E-state index is 0.0991. The van der Waals surface area contributed by atoms with Crippen LogP contribution >= 0.6 is 0 Å². The summed E-state index contributed by atoms with van der Waals surface area (Å²) in [6.45, 7) is 7.21. The Morgan fingerprint density at radius 3 is 2.50 bits per heavy atom. The highest BCUT2D eigenvalue weighted by molar-refractivity contribution is 5.82. The molecule has 1 aromatic carbocycles. The second kappa shape index (κ2) is 6.93. The molecular formula is C15H21NO4. The first kappa shape index (κ1) is 16.0. The van der Waals surface area contributed by atoms with Crippen LogP contribution in [0.2, 0.25) is 0 Å². The minimum Gasteiger partial charge on any atom is -0.491 e. The zero-order chi connectivity index (χ0) is 15.3. The fourth-order valence-corrected chi connectivity index (χ4v) is 1.84. The van der Waals surface area contributed by atoms with E-state index >= 15 is 0 Å². The van der Waals surface area contributed by atoms with Crippen LogP contribution in [-0.2, 0) is 9.59 Å². The molecule has 1 unspecified atom stereocenters. The average molecular weight is 279 g/mol. The van der Waals surface area contributed by atoms with Gasteiger partial charge in [-0.1, -0.05) is 26.0 Å².